The van der Waals surface area contributed by atoms with Crippen molar-refractivity contribution in [1.82, 2.24) is 14.8 Å². The predicted molar refractivity (Wildman–Crippen MR) is 112 cm³/mol. The lowest BCUT2D eigenvalue weighted by Crippen LogP contribution is -2.42. The van der Waals surface area contributed by atoms with E-state index in [0.29, 0.717) is 6.73 Å². The van der Waals surface area contributed by atoms with E-state index in [4.69, 9.17) is 4.74 Å². The second-order valence-electron chi connectivity index (χ2n) is 8.91. The first-order valence-electron chi connectivity index (χ1n) is 9.99. The average Bonchev–Trinajstić information content (AvgIpc) is 3.32. The van der Waals surface area contributed by atoms with Crippen molar-refractivity contribution < 1.29 is 9.84 Å². The predicted octanol–water partition coefficient (Wildman–Crippen LogP) is 3.64. The number of aryl methyl sites for hydroxylation is 2. The van der Waals surface area contributed by atoms with E-state index < -0.39 is 14.2 Å². The van der Waals surface area contributed by atoms with Gasteiger partial charge in [0.2, 0.25) is 0 Å². The Kier molecular flexibility index (Phi) is 5.05. The van der Waals surface area contributed by atoms with E-state index in [9.17, 15) is 5.11 Å². The maximum atomic E-state index is 11.2. The summed E-state index contributed by atoms with van der Waals surface area (Å²) in [5.41, 5.74) is 3.56. The number of hydrogen-bond acceptors (Lipinski definition) is 4. The van der Waals surface area contributed by atoms with Gasteiger partial charge in [-0.15, -0.1) is 0 Å². The zero-order valence-corrected chi connectivity index (χ0v) is 17.6. The number of fused-ring (bicyclic) bond motifs is 3. The van der Waals surface area contributed by atoms with Crippen LogP contribution >= 0.6 is 0 Å². The second kappa shape index (κ2) is 7.34. The van der Waals surface area contributed by atoms with Gasteiger partial charge in [-0.2, -0.15) is 0 Å². The first-order valence-corrected chi connectivity index (χ1v) is 13.7. The third-order valence-corrected chi connectivity index (χ3v) is 7.30. The van der Waals surface area contributed by atoms with Gasteiger partial charge in [0.05, 0.1) is 5.52 Å². The summed E-state index contributed by atoms with van der Waals surface area (Å²) in [6.45, 7) is 9.40. The first kappa shape index (κ1) is 18.6. The normalized spacial score (nSPS) is 20.3. The van der Waals surface area contributed by atoms with E-state index in [2.05, 4.69) is 52.6 Å². The maximum Gasteiger partial charge on any atom is 0.131 e. The molecule has 1 aromatic heterocycles. The lowest BCUT2D eigenvalue weighted by Gasteiger charge is -2.30. The Labute approximate surface area is 162 Å². The lowest BCUT2D eigenvalue weighted by molar-refractivity contribution is -0.00307. The minimum Gasteiger partial charge on any atom is -0.384 e. The number of aliphatic hydroxyl groups is 1. The molecule has 0 spiro atoms. The molecule has 2 unspecified atom stereocenters. The molecule has 4 rings (SSSR count). The molecule has 3 heterocycles. The SMILES string of the molecule is C[Si](C)(C)CCOCN1C=CNC1C(O)c1cccc2cc3n(c12)CCC3. The molecule has 0 amide bonds. The van der Waals surface area contributed by atoms with Gasteiger partial charge in [-0.05, 0) is 25.0 Å². The Morgan fingerprint density at radius 2 is 2.19 bits per heavy atom. The van der Waals surface area contributed by atoms with Crippen LogP contribution < -0.4 is 5.32 Å². The molecular formula is C21H31N3O2Si. The lowest BCUT2D eigenvalue weighted by atomic mass is 10.0. The molecule has 146 valence electrons. The summed E-state index contributed by atoms with van der Waals surface area (Å²) in [6, 6.07) is 9.68. The van der Waals surface area contributed by atoms with E-state index in [1.165, 1.54) is 23.0 Å². The molecule has 0 saturated carbocycles. The number of benzene rings is 1. The van der Waals surface area contributed by atoms with Gasteiger partial charge in [0.1, 0.15) is 19.0 Å². The summed E-state index contributed by atoms with van der Waals surface area (Å²) >= 11 is 0. The van der Waals surface area contributed by atoms with E-state index in [1.807, 2.05) is 18.5 Å². The van der Waals surface area contributed by atoms with Crippen molar-refractivity contribution in [2.75, 3.05) is 13.3 Å². The minimum absolute atomic E-state index is 0.199. The third-order valence-electron chi connectivity index (χ3n) is 5.60. The van der Waals surface area contributed by atoms with Crippen LogP contribution in [0.15, 0.2) is 36.7 Å². The van der Waals surface area contributed by atoms with Gasteiger partial charge in [0, 0.05) is 50.3 Å². The van der Waals surface area contributed by atoms with E-state index in [-0.39, 0.29) is 6.17 Å². The van der Waals surface area contributed by atoms with Gasteiger partial charge in [-0.25, -0.2) is 0 Å². The van der Waals surface area contributed by atoms with Crippen LogP contribution in [0.4, 0.5) is 0 Å². The number of aromatic nitrogens is 1. The van der Waals surface area contributed by atoms with Crippen LogP contribution in [0.1, 0.15) is 23.8 Å². The van der Waals surface area contributed by atoms with E-state index in [1.54, 1.807) is 0 Å². The molecule has 2 aromatic rings. The fraction of sp³-hybridized carbons (Fsp3) is 0.524. The highest BCUT2D eigenvalue weighted by Crippen LogP contribution is 2.33. The Morgan fingerprint density at radius 3 is 3.00 bits per heavy atom. The Morgan fingerprint density at radius 1 is 1.33 bits per heavy atom. The Bertz CT molecular complexity index is 840. The highest BCUT2D eigenvalue weighted by molar-refractivity contribution is 6.76. The Balaban J connectivity index is 1.49. The van der Waals surface area contributed by atoms with E-state index in [0.717, 1.165) is 31.2 Å². The summed E-state index contributed by atoms with van der Waals surface area (Å²) in [4.78, 5) is 2.06. The summed E-state index contributed by atoms with van der Waals surface area (Å²) in [5.74, 6) is 0. The molecular weight excluding hydrogens is 354 g/mol. The number of hydrogen-bond donors (Lipinski definition) is 2. The van der Waals surface area contributed by atoms with Gasteiger partial charge in [0.25, 0.3) is 0 Å². The first-order chi connectivity index (χ1) is 12.9. The minimum atomic E-state index is -1.09. The third kappa shape index (κ3) is 3.79. The highest BCUT2D eigenvalue weighted by atomic mass is 28.3. The summed E-state index contributed by atoms with van der Waals surface area (Å²) < 4.78 is 8.29. The molecule has 0 aliphatic carbocycles. The fourth-order valence-corrected chi connectivity index (χ4v) is 4.83. The average molecular weight is 386 g/mol. The van der Waals surface area contributed by atoms with Gasteiger partial charge in [-0.1, -0.05) is 37.8 Å². The number of aliphatic hydroxyl groups excluding tert-OH is 1. The Hall–Kier alpha value is -1.76. The molecule has 0 bridgehead atoms. The smallest absolute Gasteiger partial charge is 0.131 e. The van der Waals surface area contributed by atoms with Gasteiger partial charge in [-0.3, -0.25) is 0 Å². The molecule has 0 fully saturated rings. The number of nitrogens with zero attached hydrogens (tertiary/aromatic N) is 2. The molecule has 5 nitrogen and oxygen atoms in total. The largest absolute Gasteiger partial charge is 0.384 e. The van der Waals surface area contributed by atoms with Crippen molar-refractivity contribution in [3.8, 4) is 0 Å². The molecule has 27 heavy (non-hydrogen) atoms. The van der Waals surface area contributed by atoms with Crippen LogP contribution in [0.2, 0.25) is 25.7 Å². The maximum absolute atomic E-state index is 11.2. The number of nitrogens with one attached hydrogen (secondary N) is 1. The second-order valence-corrected chi connectivity index (χ2v) is 14.5. The van der Waals surface area contributed by atoms with Crippen LogP contribution in [0.25, 0.3) is 10.9 Å². The summed E-state index contributed by atoms with van der Waals surface area (Å²) in [6.07, 6.45) is 5.38. The van der Waals surface area contributed by atoms with Crippen molar-refractivity contribution in [3.05, 3.63) is 47.9 Å². The fourth-order valence-electron chi connectivity index (χ4n) is 4.07. The highest BCUT2D eigenvalue weighted by Gasteiger charge is 2.30. The summed E-state index contributed by atoms with van der Waals surface area (Å²) in [5, 5.41) is 15.7. The molecule has 2 N–H and O–H groups in total. The topological polar surface area (TPSA) is 49.7 Å². The van der Waals surface area contributed by atoms with Gasteiger partial charge < -0.3 is 24.6 Å². The molecule has 2 aliphatic heterocycles. The van der Waals surface area contributed by atoms with Crippen molar-refractivity contribution >= 4 is 19.0 Å². The monoisotopic (exact) mass is 385 g/mol. The van der Waals surface area contributed by atoms with Crippen molar-refractivity contribution in [2.45, 2.75) is 57.3 Å². The molecule has 6 heteroatoms. The number of para-hydroxylation sites is 1. The molecule has 1 aromatic carbocycles. The standard InChI is InChI=1S/C21H31N3O2Si/c1-27(2,3)13-12-26-15-23-11-9-22-21(23)20(25)18-8-4-6-16-14-17-7-5-10-24(17)19(16)18/h4,6,8-9,11,14,20-22,25H,5,7,10,12-13,15H2,1-3H3. The summed E-state index contributed by atoms with van der Waals surface area (Å²) in [7, 11) is -1.09. The molecule has 2 atom stereocenters. The van der Waals surface area contributed by atoms with Crippen molar-refractivity contribution in [3.63, 3.8) is 0 Å². The van der Waals surface area contributed by atoms with Crippen molar-refractivity contribution in [1.29, 1.82) is 0 Å². The number of rotatable bonds is 7. The molecule has 2 aliphatic rings. The van der Waals surface area contributed by atoms with Crippen LogP contribution in [0.3, 0.4) is 0 Å². The number of ether oxygens (including phenoxy) is 1. The zero-order chi connectivity index (χ0) is 19.0. The van der Waals surface area contributed by atoms with E-state index >= 15 is 0 Å². The van der Waals surface area contributed by atoms with Gasteiger partial charge in [0.15, 0.2) is 0 Å². The van der Waals surface area contributed by atoms with Crippen LogP contribution in [-0.4, -0.2) is 42.2 Å². The zero-order valence-electron chi connectivity index (χ0n) is 16.6. The molecule has 0 saturated heterocycles. The van der Waals surface area contributed by atoms with Crippen LogP contribution in [0, 0.1) is 0 Å². The molecule has 0 radical (unpaired) electrons. The van der Waals surface area contributed by atoms with Crippen LogP contribution in [-0.2, 0) is 17.7 Å². The van der Waals surface area contributed by atoms with Gasteiger partial charge >= 0.3 is 0 Å². The van der Waals surface area contributed by atoms with Crippen LogP contribution in [0.5, 0.6) is 0 Å². The van der Waals surface area contributed by atoms with Crippen molar-refractivity contribution in [2.24, 2.45) is 0 Å². The quantitative estimate of drug-likeness (QED) is 0.564.